The SMILES string of the molecule is C[C@@H](O)COc1ccc(N2CCN(C[C@@](C)(O)c3ccc(F)cc3)C[C@H]2c2ccccc2)c(Cl)c1. The van der Waals surface area contributed by atoms with Crippen LogP contribution in [0.4, 0.5) is 10.1 Å². The topological polar surface area (TPSA) is 56.2 Å². The van der Waals surface area contributed by atoms with E-state index in [4.69, 9.17) is 16.3 Å². The lowest BCUT2D eigenvalue weighted by atomic mass is 9.94. The molecular weight excluding hydrogens is 467 g/mol. The molecule has 0 amide bonds. The number of hydrogen-bond donors (Lipinski definition) is 2. The van der Waals surface area contributed by atoms with E-state index in [0.29, 0.717) is 36.0 Å². The monoisotopic (exact) mass is 498 g/mol. The van der Waals surface area contributed by atoms with Gasteiger partial charge >= 0.3 is 0 Å². The second kappa shape index (κ2) is 11.0. The first kappa shape index (κ1) is 25.5. The first-order valence-corrected chi connectivity index (χ1v) is 12.2. The van der Waals surface area contributed by atoms with Crippen molar-refractivity contribution in [2.24, 2.45) is 0 Å². The van der Waals surface area contributed by atoms with Gasteiger partial charge in [0.25, 0.3) is 0 Å². The first-order chi connectivity index (χ1) is 16.7. The molecule has 3 atom stereocenters. The zero-order valence-corrected chi connectivity index (χ0v) is 20.8. The Balaban J connectivity index is 1.56. The summed E-state index contributed by atoms with van der Waals surface area (Å²) in [4.78, 5) is 4.53. The third kappa shape index (κ3) is 6.33. The Bertz CT molecular complexity index is 1110. The van der Waals surface area contributed by atoms with Gasteiger partial charge in [0, 0.05) is 32.2 Å². The van der Waals surface area contributed by atoms with Crippen molar-refractivity contribution in [3.05, 3.63) is 94.8 Å². The van der Waals surface area contributed by atoms with E-state index in [-0.39, 0.29) is 18.5 Å². The maximum absolute atomic E-state index is 13.4. The third-order valence-electron chi connectivity index (χ3n) is 6.37. The van der Waals surface area contributed by atoms with Crippen LogP contribution in [0.1, 0.15) is 31.0 Å². The lowest BCUT2D eigenvalue weighted by Gasteiger charge is -2.45. The Hall–Kier alpha value is -2.64. The molecule has 4 rings (SSSR count). The third-order valence-corrected chi connectivity index (χ3v) is 6.67. The van der Waals surface area contributed by atoms with E-state index in [2.05, 4.69) is 21.9 Å². The highest BCUT2D eigenvalue weighted by molar-refractivity contribution is 6.33. The maximum Gasteiger partial charge on any atom is 0.123 e. The van der Waals surface area contributed by atoms with Crippen LogP contribution in [0.15, 0.2) is 72.8 Å². The van der Waals surface area contributed by atoms with Gasteiger partial charge in [0.1, 0.15) is 18.2 Å². The van der Waals surface area contributed by atoms with Crippen LogP contribution < -0.4 is 9.64 Å². The van der Waals surface area contributed by atoms with Crippen molar-refractivity contribution < 1.29 is 19.3 Å². The summed E-state index contributed by atoms with van der Waals surface area (Å²) in [5.74, 6) is 0.298. The molecule has 3 aromatic carbocycles. The summed E-state index contributed by atoms with van der Waals surface area (Å²) in [6.45, 7) is 6.22. The average Bonchev–Trinajstić information content (AvgIpc) is 2.83. The summed E-state index contributed by atoms with van der Waals surface area (Å²) in [5.41, 5.74) is 1.64. The average molecular weight is 499 g/mol. The van der Waals surface area contributed by atoms with E-state index in [1.165, 1.54) is 12.1 Å². The number of piperazine rings is 1. The molecule has 0 saturated carbocycles. The fraction of sp³-hybridized carbons (Fsp3) is 0.357. The van der Waals surface area contributed by atoms with Gasteiger partial charge in [-0.2, -0.15) is 0 Å². The van der Waals surface area contributed by atoms with Crippen LogP contribution in [0.2, 0.25) is 5.02 Å². The van der Waals surface area contributed by atoms with E-state index in [1.807, 2.05) is 30.3 Å². The molecule has 1 aliphatic rings. The second-order valence-corrected chi connectivity index (χ2v) is 9.82. The van der Waals surface area contributed by atoms with Crippen molar-refractivity contribution in [2.75, 3.05) is 37.7 Å². The number of aliphatic hydroxyl groups excluding tert-OH is 1. The molecule has 1 aliphatic heterocycles. The van der Waals surface area contributed by atoms with Crippen molar-refractivity contribution in [1.82, 2.24) is 4.90 Å². The first-order valence-electron chi connectivity index (χ1n) is 11.9. The zero-order chi connectivity index (χ0) is 25.0. The lowest BCUT2D eigenvalue weighted by Crippen LogP contribution is -2.52. The Morgan fingerprint density at radius 3 is 2.46 bits per heavy atom. The van der Waals surface area contributed by atoms with Crippen molar-refractivity contribution >= 4 is 17.3 Å². The molecule has 35 heavy (non-hydrogen) atoms. The van der Waals surface area contributed by atoms with Gasteiger partial charge < -0.3 is 19.8 Å². The number of β-amino-alcohol motifs (C(OH)–C–C–N with tert-alkyl or cyclic N) is 1. The van der Waals surface area contributed by atoms with Crippen molar-refractivity contribution in [2.45, 2.75) is 31.6 Å². The van der Waals surface area contributed by atoms with Gasteiger partial charge in [-0.25, -0.2) is 4.39 Å². The minimum atomic E-state index is -1.11. The quantitative estimate of drug-likeness (QED) is 0.457. The van der Waals surface area contributed by atoms with Gasteiger partial charge in [-0.3, -0.25) is 4.90 Å². The van der Waals surface area contributed by atoms with Crippen LogP contribution in [0.25, 0.3) is 0 Å². The Morgan fingerprint density at radius 1 is 1.09 bits per heavy atom. The number of rotatable bonds is 8. The van der Waals surface area contributed by atoms with Crippen LogP contribution in [0.3, 0.4) is 0 Å². The maximum atomic E-state index is 13.4. The fourth-order valence-corrected chi connectivity index (χ4v) is 4.87. The Labute approximate surface area is 211 Å². The predicted octanol–water partition coefficient (Wildman–Crippen LogP) is 5.01. The van der Waals surface area contributed by atoms with Crippen molar-refractivity contribution in [1.29, 1.82) is 0 Å². The lowest BCUT2D eigenvalue weighted by molar-refractivity contribution is 0.0102. The van der Waals surface area contributed by atoms with E-state index >= 15 is 0 Å². The van der Waals surface area contributed by atoms with Gasteiger partial charge in [0.15, 0.2) is 0 Å². The molecule has 0 aliphatic carbocycles. The summed E-state index contributed by atoms with van der Waals surface area (Å²) in [5, 5.41) is 21.3. The molecule has 5 nitrogen and oxygen atoms in total. The minimum absolute atomic E-state index is 0.0238. The number of halogens is 2. The van der Waals surface area contributed by atoms with E-state index < -0.39 is 11.7 Å². The molecule has 0 bridgehead atoms. The highest BCUT2D eigenvalue weighted by atomic mass is 35.5. The molecule has 1 heterocycles. The molecule has 3 aromatic rings. The number of hydrogen-bond acceptors (Lipinski definition) is 5. The smallest absolute Gasteiger partial charge is 0.123 e. The van der Waals surface area contributed by atoms with Gasteiger partial charge in [-0.1, -0.05) is 54.1 Å². The Morgan fingerprint density at radius 2 is 1.80 bits per heavy atom. The molecule has 0 unspecified atom stereocenters. The van der Waals surface area contributed by atoms with Gasteiger partial charge in [0.05, 0.1) is 28.5 Å². The minimum Gasteiger partial charge on any atom is -0.491 e. The van der Waals surface area contributed by atoms with Crippen LogP contribution in [0, 0.1) is 5.82 Å². The summed E-state index contributed by atoms with van der Waals surface area (Å²) < 4.78 is 19.0. The number of aliphatic hydroxyl groups is 2. The molecule has 0 radical (unpaired) electrons. The van der Waals surface area contributed by atoms with Gasteiger partial charge in [0.2, 0.25) is 0 Å². The fourth-order valence-electron chi connectivity index (χ4n) is 4.59. The summed E-state index contributed by atoms with van der Waals surface area (Å²) in [6, 6.07) is 21.9. The second-order valence-electron chi connectivity index (χ2n) is 9.41. The predicted molar refractivity (Wildman–Crippen MR) is 138 cm³/mol. The summed E-state index contributed by atoms with van der Waals surface area (Å²) in [6.07, 6.45) is -0.559. The molecule has 0 spiro atoms. The van der Waals surface area contributed by atoms with Crippen LogP contribution >= 0.6 is 11.6 Å². The zero-order valence-electron chi connectivity index (χ0n) is 20.1. The van der Waals surface area contributed by atoms with E-state index in [9.17, 15) is 14.6 Å². The molecule has 1 fully saturated rings. The van der Waals surface area contributed by atoms with Crippen LogP contribution in [0.5, 0.6) is 5.75 Å². The van der Waals surface area contributed by atoms with Crippen LogP contribution in [-0.2, 0) is 5.60 Å². The van der Waals surface area contributed by atoms with Crippen LogP contribution in [-0.4, -0.2) is 54.0 Å². The van der Waals surface area contributed by atoms with Gasteiger partial charge in [-0.05, 0) is 49.2 Å². The molecule has 0 aromatic heterocycles. The number of anilines is 1. The highest BCUT2D eigenvalue weighted by Gasteiger charge is 2.34. The molecule has 2 N–H and O–H groups in total. The van der Waals surface area contributed by atoms with Crippen molar-refractivity contribution in [3.63, 3.8) is 0 Å². The Kier molecular flexibility index (Phi) is 7.97. The molecule has 186 valence electrons. The summed E-state index contributed by atoms with van der Waals surface area (Å²) in [7, 11) is 0. The number of benzene rings is 3. The number of nitrogens with zero attached hydrogens (tertiary/aromatic N) is 2. The molecule has 7 heteroatoms. The molecular formula is C28H32ClFN2O3. The van der Waals surface area contributed by atoms with E-state index in [1.54, 1.807) is 32.0 Å². The standard InChI is InChI=1S/C28H32ClFN2O3/c1-20(33)18-35-24-12-13-26(25(29)16-24)32-15-14-31(17-27(32)21-6-4-3-5-7-21)19-28(2,34)22-8-10-23(30)11-9-22/h3-13,16,20,27,33-34H,14-15,17-19H2,1-2H3/t20-,27+,28-/m1/s1. The largest absolute Gasteiger partial charge is 0.491 e. The van der Waals surface area contributed by atoms with Gasteiger partial charge in [-0.15, -0.1) is 0 Å². The van der Waals surface area contributed by atoms with E-state index in [0.717, 1.165) is 17.8 Å². The highest BCUT2D eigenvalue weighted by Crippen LogP contribution is 2.37. The normalized spacial score (nSPS) is 19.3. The number of ether oxygens (including phenoxy) is 1. The summed E-state index contributed by atoms with van der Waals surface area (Å²) >= 11 is 6.70. The molecule has 1 saturated heterocycles. The van der Waals surface area contributed by atoms with Crippen molar-refractivity contribution in [3.8, 4) is 5.75 Å².